The molecule has 2 atom stereocenters. The van der Waals surface area contributed by atoms with E-state index in [2.05, 4.69) is 20.8 Å². The minimum Gasteiger partial charge on any atom is -0.461 e. The van der Waals surface area contributed by atoms with E-state index in [9.17, 15) is 4.79 Å². The number of esters is 1. The summed E-state index contributed by atoms with van der Waals surface area (Å²) in [6.07, 6.45) is 3.32. The molecule has 0 saturated heterocycles. The first-order valence-electron chi connectivity index (χ1n) is 6.12. The molecule has 1 rings (SSSR count). The van der Waals surface area contributed by atoms with Crippen LogP contribution in [0.4, 0.5) is 0 Å². The van der Waals surface area contributed by atoms with Gasteiger partial charge in [0.1, 0.15) is 11.6 Å². The second-order valence-electron chi connectivity index (χ2n) is 6.57. The van der Waals surface area contributed by atoms with Crippen molar-refractivity contribution in [1.29, 1.82) is 0 Å². The fourth-order valence-corrected chi connectivity index (χ4v) is 2.35. The molecule has 0 radical (unpaired) electrons. The van der Waals surface area contributed by atoms with E-state index in [0.717, 1.165) is 19.3 Å². The van der Waals surface area contributed by atoms with Crippen molar-refractivity contribution < 1.29 is 9.53 Å². The van der Waals surface area contributed by atoms with Gasteiger partial charge in [0.15, 0.2) is 0 Å². The SMILES string of the molecule is CC(C)(N)C(=O)OC1CCCC1C(C)(C)C. The normalized spacial score (nSPS) is 26.9. The van der Waals surface area contributed by atoms with E-state index in [4.69, 9.17) is 10.5 Å². The first-order valence-corrected chi connectivity index (χ1v) is 6.12. The monoisotopic (exact) mass is 227 g/mol. The summed E-state index contributed by atoms with van der Waals surface area (Å²) in [5.74, 6) is 0.174. The molecule has 0 heterocycles. The lowest BCUT2D eigenvalue weighted by Crippen LogP contribution is -2.45. The summed E-state index contributed by atoms with van der Waals surface area (Å²) < 4.78 is 5.55. The smallest absolute Gasteiger partial charge is 0.325 e. The van der Waals surface area contributed by atoms with Gasteiger partial charge in [-0.3, -0.25) is 4.79 Å². The van der Waals surface area contributed by atoms with Crippen molar-refractivity contribution in [2.24, 2.45) is 17.1 Å². The van der Waals surface area contributed by atoms with Crippen LogP contribution in [0.5, 0.6) is 0 Å². The van der Waals surface area contributed by atoms with Crippen molar-refractivity contribution in [2.45, 2.75) is 65.5 Å². The summed E-state index contributed by atoms with van der Waals surface area (Å²) in [5, 5.41) is 0. The number of hydrogen-bond donors (Lipinski definition) is 1. The van der Waals surface area contributed by atoms with Gasteiger partial charge in [0.2, 0.25) is 0 Å². The average Bonchev–Trinajstić information content (AvgIpc) is 2.49. The zero-order valence-electron chi connectivity index (χ0n) is 11.2. The van der Waals surface area contributed by atoms with E-state index in [1.165, 1.54) is 0 Å². The molecular weight excluding hydrogens is 202 g/mol. The van der Waals surface area contributed by atoms with E-state index >= 15 is 0 Å². The summed E-state index contributed by atoms with van der Waals surface area (Å²) in [7, 11) is 0. The van der Waals surface area contributed by atoms with Crippen LogP contribution in [0.2, 0.25) is 0 Å². The summed E-state index contributed by atoms with van der Waals surface area (Å²) in [6.45, 7) is 10.00. The van der Waals surface area contributed by atoms with Crippen molar-refractivity contribution in [3.63, 3.8) is 0 Å². The molecule has 2 unspecified atom stereocenters. The first kappa shape index (κ1) is 13.5. The van der Waals surface area contributed by atoms with Crippen molar-refractivity contribution in [1.82, 2.24) is 0 Å². The molecule has 0 aromatic heterocycles. The van der Waals surface area contributed by atoms with Crippen molar-refractivity contribution in [2.75, 3.05) is 0 Å². The molecule has 3 nitrogen and oxygen atoms in total. The highest BCUT2D eigenvalue weighted by molar-refractivity contribution is 5.79. The largest absolute Gasteiger partial charge is 0.461 e. The highest BCUT2D eigenvalue weighted by Crippen LogP contribution is 2.41. The van der Waals surface area contributed by atoms with Crippen LogP contribution in [0, 0.1) is 11.3 Å². The van der Waals surface area contributed by atoms with Crippen LogP contribution in [-0.4, -0.2) is 17.6 Å². The van der Waals surface area contributed by atoms with Gasteiger partial charge in [-0.15, -0.1) is 0 Å². The standard InChI is InChI=1S/C13H25NO2/c1-12(2,3)9-7-6-8-10(9)16-11(15)13(4,5)14/h9-10H,6-8,14H2,1-5H3. The second kappa shape index (κ2) is 4.36. The third-order valence-corrected chi connectivity index (χ3v) is 3.35. The molecule has 0 amide bonds. The Morgan fingerprint density at radius 3 is 2.19 bits per heavy atom. The zero-order chi connectivity index (χ0) is 12.6. The maximum atomic E-state index is 11.7. The number of ether oxygens (including phenoxy) is 1. The van der Waals surface area contributed by atoms with Gasteiger partial charge in [-0.05, 0) is 38.5 Å². The Hall–Kier alpha value is -0.570. The Bertz CT molecular complexity index is 260. The summed E-state index contributed by atoms with van der Waals surface area (Å²) in [4.78, 5) is 11.7. The summed E-state index contributed by atoms with van der Waals surface area (Å²) in [6, 6.07) is 0. The molecule has 0 aromatic carbocycles. The number of rotatable bonds is 2. The second-order valence-corrected chi connectivity index (χ2v) is 6.57. The molecule has 1 fully saturated rings. The maximum Gasteiger partial charge on any atom is 0.325 e. The first-order chi connectivity index (χ1) is 7.12. The summed E-state index contributed by atoms with van der Waals surface area (Å²) >= 11 is 0. The van der Waals surface area contributed by atoms with Gasteiger partial charge < -0.3 is 10.5 Å². The number of hydrogen-bond acceptors (Lipinski definition) is 3. The Morgan fingerprint density at radius 2 is 1.75 bits per heavy atom. The van der Waals surface area contributed by atoms with Gasteiger partial charge in [-0.25, -0.2) is 0 Å². The number of carbonyl (C=O) groups excluding carboxylic acids is 1. The van der Waals surface area contributed by atoms with Crippen LogP contribution in [0.15, 0.2) is 0 Å². The van der Waals surface area contributed by atoms with Gasteiger partial charge in [0.05, 0.1) is 0 Å². The van der Waals surface area contributed by atoms with Gasteiger partial charge >= 0.3 is 5.97 Å². The number of carbonyl (C=O) groups is 1. The predicted molar refractivity (Wildman–Crippen MR) is 64.9 cm³/mol. The highest BCUT2D eigenvalue weighted by atomic mass is 16.5. The molecular formula is C13H25NO2. The van der Waals surface area contributed by atoms with Gasteiger partial charge in [-0.1, -0.05) is 20.8 Å². The molecule has 16 heavy (non-hydrogen) atoms. The van der Waals surface area contributed by atoms with Crippen LogP contribution >= 0.6 is 0 Å². The molecule has 0 bridgehead atoms. The molecule has 1 aliphatic carbocycles. The van der Waals surface area contributed by atoms with E-state index in [-0.39, 0.29) is 17.5 Å². The van der Waals surface area contributed by atoms with Crippen LogP contribution in [0.1, 0.15) is 53.9 Å². The molecule has 2 N–H and O–H groups in total. The van der Waals surface area contributed by atoms with Crippen molar-refractivity contribution in [3.05, 3.63) is 0 Å². The lowest BCUT2D eigenvalue weighted by molar-refractivity contribution is -0.157. The van der Waals surface area contributed by atoms with E-state index in [1.54, 1.807) is 13.8 Å². The van der Waals surface area contributed by atoms with E-state index in [0.29, 0.717) is 5.92 Å². The minimum absolute atomic E-state index is 0.0512. The van der Waals surface area contributed by atoms with E-state index < -0.39 is 5.54 Å². The minimum atomic E-state index is -0.884. The van der Waals surface area contributed by atoms with Crippen LogP contribution in [0.25, 0.3) is 0 Å². The van der Waals surface area contributed by atoms with E-state index in [1.807, 2.05) is 0 Å². The maximum absolute atomic E-state index is 11.7. The van der Waals surface area contributed by atoms with Crippen molar-refractivity contribution in [3.8, 4) is 0 Å². The molecule has 0 aliphatic heterocycles. The van der Waals surface area contributed by atoms with Gasteiger partial charge in [0.25, 0.3) is 0 Å². The summed E-state index contributed by atoms with van der Waals surface area (Å²) in [5.41, 5.74) is 5.05. The third kappa shape index (κ3) is 3.21. The van der Waals surface area contributed by atoms with Crippen LogP contribution in [-0.2, 0) is 9.53 Å². The quantitative estimate of drug-likeness (QED) is 0.737. The Balaban J connectivity index is 2.64. The molecule has 1 saturated carbocycles. The Kier molecular flexibility index (Phi) is 3.68. The van der Waals surface area contributed by atoms with Crippen LogP contribution in [0.3, 0.4) is 0 Å². The third-order valence-electron chi connectivity index (χ3n) is 3.35. The highest BCUT2D eigenvalue weighted by Gasteiger charge is 2.39. The molecule has 94 valence electrons. The van der Waals surface area contributed by atoms with Crippen LogP contribution < -0.4 is 5.73 Å². The fourth-order valence-electron chi connectivity index (χ4n) is 2.35. The Morgan fingerprint density at radius 1 is 1.19 bits per heavy atom. The Labute approximate surface area is 98.7 Å². The zero-order valence-corrected chi connectivity index (χ0v) is 11.2. The van der Waals surface area contributed by atoms with Gasteiger partial charge in [-0.2, -0.15) is 0 Å². The molecule has 0 aromatic rings. The lowest BCUT2D eigenvalue weighted by atomic mass is 9.78. The predicted octanol–water partition coefficient (Wildman–Crippen LogP) is 2.48. The molecule has 0 spiro atoms. The molecule has 1 aliphatic rings. The molecule has 3 heteroatoms. The average molecular weight is 227 g/mol. The number of nitrogens with two attached hydrogens (primary N) is 1. The van der Waals surface area contributed by atoms with Crippen molar-refractivity contribution >= 4 is 5.97 Å². The topological polar surface area (TPSA) is 52.3 Å². The fraction of sp³-hybridized carbons (Fsp3) is 0.923. The van der Waals surface area contributed by atoms with Gasteiger partial charge in [0, 0.05) is 5.92 Å². The lowest BCUT2D eigenvalue weighted by Gasteiger charge is -2.33.